The minimum Gasteiger partial charge on any atom is -0.324 e. The minimum atomic E-state index is -0.369. The van der Waals surface area contributed by atoms with Crippen molar-refractivity contribution < 1.29 is 4.79 Å². The number of nitrogens with one attached hydrogen (secondary N) is 1. The third-order valence-electron chi connectivity index (χ3n) is 5.43. The molecule has 0 aliphatic carbocycles. The Morgan fingerprint density at radius 2 is 1.72 bits per heavy atom. The van der Waals surface area contributed by atoms with Gasteiger partial charge in [0, 0.05) is 18.8 Å². The van der Waals surface area contributed by atoms with Gasteiger partial charge in [-0.2, -0.15) is 0 Å². The van der Waals surface area contributed by atoms with E-state index in [2.05, 4.69) is 10.3 Å². The molecule has 29 heavy (non-hydrogen) atoms. The van der Waals surface area contributed by atoms with E-state index in [-0.39, 0.29) is 17.6 Å². The second kappa shape index (κ2) is 7.58. The van der Waals surface area contributed by atoms with Crippen LogP contribution in [0, 0.1) is 0 Å². The van der Waals surface area contributed by atoms with Crippen LogP contribution in [0.1, 0.15) is 33.2 Å². The number of aryl methyl sites for hydroxylation is 2. The van der Waals surface area contributed by atoms with E-state index in [4.69, 9.17) is 0 Å². The van der Waals surface area contributed by atoms with Gasteiger partial charge in [-0.05, 0) is 50.6 Å². The maximum absolute atomic E-state index is 13.1. The molecule has 4 aromatic rings. The molecule has 0 unspecified atom stereocenters. The summed E-state index contributed by atoms with van der Waals surface area (Å²) in [4.78, 5) is 30.0. The fourth-order valence-electron chi connectivity index (χ4n) is 3.97. The number of anilines is 1. The molecular formula is C22H25N5O2. The molecular weight excluding hydrogens is 366 g/mol. The van der Waals surface area contributed by atoms with Crippen molar-refractivity contribution >= 4 is 33.7 Å². The van der Waals surface area contributed by atoms with Crippen LogP contribution < -0.4 is 11.0 Å². The predicted molar refractivity (Wildman–Crippen MR) is 115 cm³/mol. The molecule has 7 heteroatoms. The van der Waals surface area contributed by atoms with Gasteiger partial charge in [-0.1, -0.05) is 19.1 Å². The van der Waals surface area contributed by atoms with Crippen molar-refractivity contribution in [2.24, 2.45) is 0 Å². The van der Waals surface area contributed by atoms with Crippen LogP contribution in [0.15, 0.2) is 53.6 Å². The van der Waals surface area contributed by atoms with Crippen LogP contribution in [0.25, 0.3) is 22.1 Å². The molecule has 4 rings (SSSR count). The number of carbonyl (C=O) groups is 1. The van der Waals surface area contributed by atoms with Crippen molar-refractivity contribution in [3.63, 3.8) is 0 Å². The molecule has 0 aliphatic heterocycles. The van der Waals surface area contributed by atoms with Gasteiger partial charge in [0.05, 0.1) is 28.4 Å². The molecule has 7 nitrogen and oxygen atoms in total. The average Bonchev–Trinajstić information content (AvgIpc) is 3.26. The number of hydrogen-bond acceptors (Lipinski definition) is 3. The topological polar surface area (TPSA) is 73.8 Å². The number of rotatable bonds is 6. The second-order valence-corrected chi connectivity index (χ2v) is 7.03. The number of fused-ring (bicyclic) bond motifs is 2. The Morgan fingerprint density at radius 3 is 2.45 bits per heavy atom. The molecule has 1 amide bonds. The predicted octanol–water partition coefficient (Wildman–Crippen LogP) is 3.78. The molecule has 1 atom stereocenters. The fourth-order valence-corrected chi connectivity index (χ4v) is 3.97. The fraction of sp³-hybridized carbons (Fsp3) is 0.318. The molecule has 0 saturated carbocycles. The van der Waals surface area contributed by atoms with Crippen LogP contribution in [0.3, 0.4) is 0 Å². The molecule has 0 aliphatic rings. The number of nitrogens with zero attached hydrogens (tertiary/aromatic N) is 4. The third kappa shape index (κ3) is 3.12. The molecule has 1 N–H and O–H groups in total. The summed E-state index contributed by atoms with van der Waals surface area (Å²) in [6.45, 7) is 7.08. The number of amides is 1. The van der Waals surface area contributed by atoms with Crippen LogP contribution in [0.5, 0.6) is 0 Å². The summed E-state index contributed by atoms with van der Waals surface area (Å²) in [5.74, 6) is -0.102. The zero-order valence-corrected chi connectivity index (χ0v) is 16.9. The Hall–Kier alpha value is -3.35. The lowest BCUT2D eigenvalue weighted by Crippen LogP contribution is -2.25. The van der Waals surface area contributed by atoms with Gasteiger partial charge >= 0.3 is 5.69 Å². The first-order chi connectivity index (χ1) is 14.1. The molecule has 0 fully saturated rings. The van der Waals surface area contributed by atoms with Gasteiger partial charge in [-0.3, -0.25) is 13.9 Å². The van der Waals surface area contributed by atoms with Crippen molar-refractivity contribution in [2.75, 3.05) is 5.32 Å². The van der Waals surface area contributed by atoms with E-state index in [1.807, 2.05) is 67.8 Å². The lowest BCUT2D eigenvalue weighted by Gasteiger charge is -2.17. The summed E-state index contributed by atoms with van der Waals surface area (Å²) >= 11 is 0. The summed E-state index contributed by atoms with van der Waals surface area (Å²) in [7, 11) is 0. The van der Waals surface area contributed by atoms with Gasteiger partial charge in [-0.25, -0.2) is 9.78 Å². The maximum atomic E-state index is 13.1. The van der Waals surface area contributed by atoms with E-state index < -0.39 is 0 Å². The Balaban J connectivity index is 1.68. The number of carbonyl (C=O) groups excluding carboxylic acids is 1. The number of benzene rings is 2. The van der Waals surface area contributed by atoms with Crippen LogP contribution in [0.4, 0.5) is 5.69 Å². The van der Waals surface area contributed by atoms with E-state index in [1.165, 1.54) is 0 Å². The van der Waals surface area contributed by atoms with Gasteiger partial charge in [0.15, 0.2) is 0 Å². The van der Waals surface area contributed by atoms with Crippen LogP contribution in [-0.2, 0) is 17.9 Å². The van der Waals surface area contributed by atoms with E-state index in [9.17, 15) is 9.59 Å². The molecule has 2 aromatic heterocycles. The number of para-hydroxylation sites is 2. The molecule has 0 bridgehead atoms. The first-order valence-electron chi connectivity index (χ1n) is 10.0. The monoisotopic (exact) mass is 391 g/mol. The first-order valence-corrected chi connectivity index (χ1v) is 10.0. The van der Waals surface area contributed by atoms with E-state index in [0.717, 1.165) is 22.1 Å². The summed E-state index contributed by atoms with van der Waals surface area (Å²) in [6, 6.07) is 13.0. The van der Waals surface area contributed by atoms with Gasteiger partial charge in [-0.15, -0.1) is 0 Å². The zero-order chi connectivity index (χ0) is 20.5. The van der Waals surface area contributed by atoms with Gasteiger partial charge in [0.1, 0.15) is 6.04 Å². The summed E-state index contributed by atoms with van der Waals surface area (Å²) < 4.78 is 5.39. The quantitative estimate of drug-likeness (QED) is 0.544. The SMILES string of the molecule is CC[C@@H](C(=O)Nc1ccc2c(c1)n(CC)c(=O)n2CC)n1cnc2ccccc21. The van der Waals surface area contributed by atoms with E-state index in [0.29, 0.717) is 25.2 Å². The average molecular weight is 391 g/mol. The van der Waals surface area contributed by atoms with Crippen LogP contribution in [0.2, 0.25) is 0 Å². The van der Waals surface area contributed by atoms with Gasteiger partial charge in [0.25, 0.3) is 0 Å². The number of aromatic nitrogens is 4. The third-order valence-corrected chi connectivity index (χ3v) is 5.43. The molecule has 2 aromatic carbocycles. The van der Waals surface area contributed by atoms with Crippen molar-refractivity contribution in [1.82, 2.24) is 18.7 Å². The largest absolute Gasteiger partial charge is 0.329 e. The second-order valence-electron chi connectivity index (χ2n) is 7.03. The molecule has 0 saturated heterocycles. The van der Waals surface area contributed by atoms with E-state index >= 15 is 0 Å². The van der Waals surface area contributed by atoms with Gasteiger partial charge < -0.3 is 9.88 Å². The number of hydrogen-bond donors (Lipinski definition) is 1. The Kier molecular flexibility index (Phi) is 4.96. The smallest absolute Gasteiger partial charge is 0.324 e. The standard InChI is InChI=1S/C22H25N5O2/c1-4-17(27-14-23-16-9-7-8-10-18(16)27)21(28)24-15-11-12-19-20(13-15)26(6-3)22(29)25(19)5-2/h7-14,17H,4-6H2,1-3H3,(H,24,28)/t17-/m0/s1. The van der Waals surface area contributed by atoms with Crippen LogP contribution >= 0.6 is 0 Å². The maximum Gasteiger partial charge on any atom is 0.329 e. The summed E-state index contributed by atoms with van der Waals surface area (Å²) in [5, 5.41) is 3.02. The molecule has 2 heterocycles. The highest BCUT2D eigenvalue weighted by Crippen LogP contribution is 2.23. The number of imidazole rings is 2. The lowest BCUT2D eigenvalue weighted by molar-refractivity contribution is -0.119. The normalized spacial score (nSPS) is 12.5. The summed E-state index contributed by atoms with van der Waals surface area (Å²) in [5.41, 5.74) is 4.17. The Labute approximate surface area is 168 Å². The van der Waals surface area contributed by atoms with Crippen molar-refractivity contribution in [1.29, 1.82) is 0 Å². The zero-order valence-electron chi connectivity index (χ0n) is 16.9. The first kappa shape index (κ1) is 19.0. The minimum absolute atomic E-state index is 0.0233. The molecule has 0 radical (unpaired) electrons. The molecule has 0 spiro atoms. The van der Waals surface area contributed by atoms with Gasteiger partial charge in [0.2, 0.25) is 5.91 Å². The Bertz CT molecular complexity index is 1250. The van der Waals surface area contributed by atoms with Crippen LogP contribution in [-0.4, -0.2) is 24.6 Å². The highest BCUT2D eigenvalue weighted by molar-refractivity contribution is 5.96. The lowest BCUT2D eigenvalue weighted by atomic mass is 10.2. The van der Waals surface area contributed by atoms with E-state index in [1.54, 1.807) is 15.5 Å². The summed E-state index contributed by atoms with van der Waals surface area (Å²) in [6.07, 6.45) is 2.36. The highest BCUT2D eigenvalue weighted by Gasteiger charge is 2.21. The van der Waals surface area contributed by atoms with Crippen molar-refractivity contribution in [3.8, 4) is 0 Å². The molecule has 150 valence electrons. The van der Waals surface area contributed by atoms with Crippen molar-refractivity contribution in [2.45, 2.75) is 46.3 Å². The highest BCUT2D eigenvalue weighted by atomic mass is 16.2. The Morgan fingerprint density at radius 1 is 1.00 bits per heavy atom. The van der Waals surface area contributed by atoms with Crippen molar-refractivity contribution in [3.05, 3.63) is 59.3 Å².